The second-order valence-corrected chi connectivity index (χ2v) is 7.88. The number of aryl methyl sites for hydroxylation is 1. The molecular weight excluding hydrogens is 392 g/mol. The molecule has 0 aromatic heterocycles. The van der Waals surface area contributed by atoms with Gasteiger partial charge in [-0.1, -0.05) is 24.3 Å². The number of ether oxygens (including phenoxy) is 2. The van der Waals surface area contributed by atoms with Crippen molar-refractivity contribution in [2.24, 2.45) is 0 Å². The lowest BCUT2D eigenvalue weighted by Crippen LogP contribution is -2.38. The van der Waals surface area contributed by atoms with Crippen LogP contribution in [0.4, 0.5) is 0 Å². The Labute approximate surface area is 184 Å². The number of hydrogen-bond donors (Lipinski definition) is 1. The normalized spacial score (nSPS) is 14.6. The van der Waals surface area contributed by atoms with Gasteiger partial charge in [-0.2, -0.15) is 0 Å². The predicted molar refractivity (Wildman–Crippen MR) is 121 cm³/mol. The molecule has 0 spiro atoms. The second-order valence-electron chi connectivity index (χ2n) is 7.88. The van der Waals surface area contributed by atoms with E-state index >= 15 is 0 Å². The van der Waals surface area contributed by atoms with Crippen LogP contribution < -0.4 is 14.8 Å². The molecule has 3 rings (SSSR count). The summed E-state index contributed by atoms with van der Waals surface area (Å²) in [6.45, 7) is 7.85. The van der Waals surface area contributed by atoms with Crippen LogP contribution in [0.2, 0.25) is 0 Å². The maximum Gasteiger partial charge on any atom is 0.260 e. The van der Waals surface area contributed by atoms with E-state index < -0.39 is 0 Å². The molecule has 0 radical (unpaired) electrons. The van der Waals surface area contributed by atoms with Crippen LogP contribution in [0.15, 0.2) is 42.5 Å². The van der Waals surface area contributed by atoms with Gasteiger partial charge in [0.15, 0.2) is 18.1 Å². The number of amides is 2. The zero-order chi connectivity index (χ0) is 22.2. The van der Waals surface area contributed by atoms with Crippen LogP contribution in [-0.4, -0.2) is 43.0 Å². The van der Waals surface area contributed by atoms with Crippen LogP contribution in [-0.2, 0) is 4.79 Å². The number of carbonyl (C=O) groups excluding carboxylic acids is 2. The number of nitrogens with one attached hydrogen (secondary N) is 1. The molecule has 6 nitrogen and oxygen atoms in total. The molecule has 1 aliphatic rings. The van der Waals surface area contributed by atoms with Crippen molar-refractivity contribution in [2.75, 3.05) is 26.3 Å². The predicted octanol–water partition coefficient (Wildman–Crippen LogP) is 4.28. The van der Waals surface area contributed by atoms with Gasteiger partial charge in [0, 0.05) is 18.7 Å². The summed E-state index contributed by atoms with van der Waals surface area (Å²) in [4.78, 5) is 27.1. The Kier molecular flexibility index (Phi) is 7.93. The Hall–Kier alpha value is -3.02. The van der Waals surface area contributed by atoms with Crippen LogP contribution in [0.3, 0.4) is 0 Å². The first-order valence-electron chi connectivity index (χ1n) is 11.0. The molecular formula is C25H32N2O4. The summed E-state index contributed by atoms with van der Waals surface area (Å²) in [7, 11) is 0. The van der Waals surface area contributed by atoms with Gasteiger partial charge in [-0.15, -0.1) is 0 Å². The van der Waals surface area contributed by atoms with Crippen molar-refractivity contribution in [1.82, 2.24) is 10.2 Å². The standard InChI is InChI=1S/C25H32N2O4/c1-4-30-23-16-20(25(29)26-19(3)21-11-7-6-10-18(21)2)12-13-22(23)31-17-24(28)27-14-8-5-9-15-27/h6-7,10-13,16,19H,4-5,8-9,14-15,17H2,1-3H3,(H,26,29). The van der Waals surface area contributed by atoms with Crippen molar-refractivity contribution < 1.29 is 19.1 Å². The lowest BCUT2D eigenvalue weighted by Gasteiger charge is -2.26. The molecule has 1 aliphatic heterocycles. The topological polar surface area (TPSA) is 67.9 Å². The Balaban J connectivity index is 1.66. The maximum atomic E-state index is 12.8. The zero-order valence-electron chi connectivity index (χ0n) is 18.6. The van der Waals surface area contributed by atoms with Crippen molar-refractivity contribution in [3.63, 3.8) is 0 Å². The summed E-state index contributed by atoms with van der Waals surface area (Å²) in [5.74, 6) is 0.726. The van der Waals surface area contributed by atoms with Crippen LogP contribution in [0, 0.1) is 6.92 Å². The van der Waals surface area contributed by atoms with E-state index in [2.05, 4.69) is 5.32 Å². The summed E-state index contributed by atoms with van der Waals surface area (Å²) in [5, 5.41) is 3.04. The highest BCUT2D eigenvalue weighted by atomic mass is 16.5. The van der Waals surface area contributed by atoms with E-state index in [0.29, 0.717) is 23.7 Å². The van der Waals surface area contributed by atoms with Crippen molar-refractivity contribution in [3.05, 3.63) is 59.2 Å². The molecule has 2 aromatic carbocycles. The van der Waals surface area contributed by atoms with Crippen molar-refractivity contribution in [2.45, 2.75) is 46.1 Å². The molecule has 1 unspecified atom stereocenters. The van der Waals surface area contributed by atoms with Gasteiger partial charge in [0.05, 0.1) is 12.6 Å². The van der Waals surface area contributed by atoms with Crippen molar-refractivity contribution in [1.29, 1.82) is 0 Å². The minimum atomic E-state index is -0.187. The number of hydrogen-bond acceptors (Lipinski definition) is 4. The average Bonchev–Trinajstić information content (AvgIpc) is 2.79. The third-order valence-corrected chi connectivity index (χ3v) is 5.57. The third kappa shape index (κ3) is 6.00. The van der Waals surface area contributed by atoms with Crippen molar-refractivity contribution in [3.8, 4) is 11.5 Å². The molecule has 1 N–H and O–H groups in total. The number of carbonyl (C=O) groups is 2. The third-order valence-electron chi connectivity index (χ3n) is 5.57. The lowest BCUT2D eigenvalue weighted by atomic mass is 10.0. The first-order chi connectivity index (χ1) is 15.0. The molecule has 2 amide bonds. The second kappa shape index (κ2) is 10.8. The Morgan fingerprint density at radius 3 is 2.48 bits per heavy atom. The van der Waals surface area contributed by atoms with Crippen LogP contribution in [0.5, 0.6) is 11.5 Å². The molecule has 1 fully saturated rings. The van der Waals surface area contributed by atoms with E-state index in [-0.39, 0.29) is 24.5 Å². The van der Waals surface area contributed by atoms with Gasteiger partial charge in [-0.25, -0.2) is 0 Å². The van der Waals surface area contributed by atoms with E-state index in [1.54, 1.807) is 18.2 Å². The highest BCUT2D eigenvalue weighted by molar-refractivity contribution is 5.95. The lowest BCUT2D eigenvalue weighted by molar-refractivity contribution is -0.134. The van der Waals surface area contributed by atoms with E-state index in [4.69, 9.17) is 9.47 Å². The fourth-order valence-electron chi connectivity index (χ4n) is 3.84. The van der Waals surface area contributed by atoms with E-state index in [9.17, 15) is 9.59 Å². The minimum absolute atomic E-state index is 0.0176. The smallest absolute Gasteiger partial charge is 0.260 e. The number of piperidine rings is 1. The minimum Gasteiger partial charge on any atom is -0.490 e. The number of nitrogens with zero attached hydrogens (tertiary/aromatic N) is 1. The summed E-state index contributed by atoms with van der Waals surface area (Å²) in [6, 6.07) is 12.9. The fraction of sp³-hybridized carbons (Fsp3) is 0.440. The Morgan fingerprint density at radius 1 is 1.03 bits per heavy atom. The molecule has 0 saturated carbocycles. The molecule has 1 saturated heterocycles. The Bertz CT molecular complexity index is 906. The van der Waals surface area contributed by atoms with Crippen LogP contribution >= 0.6 is 0 Å². The van der Waals surface area contributed by atoms with Gasteiger partial charge in [0.1, 0.15) is 0 Å². The van der Waals surface area contributed by atoms with E-state index in [1.807, 2.05) is 49.9 Å². The molecule has 1 heterocycles. The van der Waals surface area contributed by atoms with Crippen molar-refractivity contribution >= 4 is 11.8 Å². The van der Waals surface area contributed by atoms with Gasteiger partial charge in [0.2, 0.25) is 0 Å². The molecule has 1 atom stereocenters. The quantitative estimate of drug-likeness (QED) is 0.687. The SMILES string of the molecule is CCOc1cc(C(=O)NC(C)c2ccccc2C)ccc1OCC(=O)N1CCCCC1. The van der Waals surface area contributed by atoms with Gasteiger partial charge in [-0.05, 0) is 69.4 Å². The first kappa shape index (κ1) is 22.7. The summed E-state index contributed by atoms with van der Waals surface area (Å²) in [5.41, 5.74) is 2.70. The molecule has 166 valence electrons. The average molecular weight is 425 g/mol. The zero-order valence-corrected chi connectivity index (χ0v) is 18.6. The van der Waals surface area contributed by atoms with Gasteiger partial charge < -0.3 is 19.7 Å². The molecule has 0 aliphatic carbocycles. The van der Waals surface area contributed by atoms with Gasteiger partial charge >= 0.3 is 0 Å². The fourth-order valence-corrected chi connectivity index (χ4v) is 3.84. The maximum absolute atomic E-state index is 12.8. The number of likely N-dealkylation sites (tertiary alicyclic amines) is 1. The van der Waals surface area contributed by atoms with Gasteiger partial charge in [0.25, 0.3) is 11.8 Å². The summed E-state index contributed by atoms with van der Waals surface area (Å²) < 4.78 is 11.4. The first-order valence-corrected chi connectivity index (χ1v) is 11.0. The van der Waals surface area contributed by atoms with Crippen LogP contribution in [0.25, 0.3) is 0 Å². The van der Waals surface area contributed by atoms with E-state index in [0.717, 1.165) is 37.1 Å². The monoisotopic (exact) mass is 424 g/mol. The summed E-state index contributed by atoms with van der Waals surface area (Å²) in [6.07, 6.45) is 3.26. The molecule has 2 aromatic rings. The summed E-state index contributed by atoms with van der Waals surface area (Å²) >= 11 is 0. The number of benzene rings is 2. The highest BCUT2D eigenvalue weighted by Gasteiger charge is 2.19. The molecule has 31 heavy (non-hydrogen) atoms. The van der Waals surface area contributed by atoms with Gasteiger partial charge in [-0.3, -0.25) is 9.59 Å². The Morgan fingerprint density at radius 2 is 1.77 bits per heavy atom. The number of rotatable bonds is 8. The van der Waals surface area contributed by atoms with Crippen LogP contribution in [0.1, 0.15) is 60.6 Å². The highest BCUT2D eigenvalue weighted by Crippen LogP contribution is 2.29. The largest absolute Gasteiger partial charge is 0.490 e. The molecule has 6 heteroatoms. The van der Waals surface area contributed by atoms with E-state index in [1.165, 1.54) is 6.42 Å². The molecule has 0 bridgehead atoms.